The fourth-order valence-electron chi connectivity index (χ4n) is 3.65. The van der Waals surface area contributed by atoms with Crippen LogP contribution in [0.3, 0.4) is 0 Å². The Hall–Kier alpha value is -4.45. The van der Waals surface area contributed by atoms with Crippen LogP contribution in [-0.4, -0.2) is 33.3 Å². The van der Waals surface area contributed by atoms with E-state index >= 15 is 0 Å². The minimum Gasteiger partial charge on any atom is -0.477 e. The molecule has 0 aliphatic heterocycles. The van der Waals surface area contributed by atoms with Crippen molar-refractivity contribution in [3.63, 3.8) is 0 Å². The van der Waals surface area contributed by atoms with E-state index in [4.69, 9.17) is 4.74 Å². The van der Waals surface area contributed by atoms with Crippen molar-refractivity contribution < 1.29 is 18.8 Å². The molecule has 0 aliphatic carbocycles. The highest BCUT2D eigenvalue weighted by atomic mass is 79.9. The number of hydrogen-bond donors (Lipinski definition) is 1. The van der Waals surface area contributed by atoms with Gasteiger partial charge in [-0.3, -0.25) is 19.7 Å². The zero-order valence-corrected chi connectivity index (χ0v) is 22.7. The molecule has 12 heteroatoms. The number of carbonyl (C=O) groups excluding carboxylic acids is 1. The predicted octanol–water partition coefficient (Wildman–Crippen LogP) is 5.40. The molecule has 0 atom stereocenters. The van der Waals surface area contributed by atoms with E-state index in [0.717, 1.165) is 6.07 Å². The molecule has 0 aliphatic rings. The van der Waals surface area contributed by atoms with Gasteiger partial charge in [-0.25, -0.2) is 9.37 Å². The summed E-state index contributed by atoms with van der Waals surface area (Å²) < 4.78 is 20.6. The molecular formula is C27H23BrFN5O5. The molecule has 39 heavy (non-hydrogen) atoms. The summed E-state index contributed by atoms with van der Waals surface area (Å²) in [5.41, 5.74) is -0.252. The van der Waals surface area contributed by atoms with E-state index in [9.17, 15) is 24.1 Å². The first-order valence-electron chi connectivity index (χ1n) is 11.7. The molecule has 0 saturated carbocycles. The van der Waals surface area contributed by atoms with E-state index in [1.807, 2.05) is 20.8 Å². The average molecular weight is 596 g/mol. The lowest BCUT2D eigenvalue weighted by molar-refractivity contribution is -0.385. The molecule has 4 aromatic rings. The van der Waals surface area contributed by atoms with Crippen molar-refractivity contribution in [3.8, 4) is 5.75 Å². The highest BCUT2D eigenvalue weighted by Gasteiger charge is 2.23. The third-order valence-electron chi connectivity index (χ3n) is 5.45. The van der Waals surface area contributed by atoms with Gasteiger partial charge in [0.15, 0.2) is 12.4 Å². The van der Waals surface area contributed by atoms with Crippen molar-refractivity contribution >= 4 is 50.3 Å². The average Bonchev–Trinajstić information content (AvgIpc) is 2.86. The van der Waals surface area contributed by atoms with Gasteiger partial charge in [-0.1, -0.05) is 42.8 Å². The van der Waals surface area contributed by atoms with Crippen LogP contribution in [0.15, 0.2) is 75.0 Å². The number of aromatic nitrogens is 2. The van der Waals surface area contributed by atoms with E-state index in [0.29, 0.717) is 26.8 Å². The van der Waals surface area contributed by atoms with Crippen molar-refractivity contribution in [2.75, 3.05) is 11.9 Å². The number of hydrogen-bond acceptors (Lipinski definition) is 7. The summed E-state index contributed by atoms with van der Waals surface area (Å²) in [6.07, 6.45) is 1.32. The largest absolute Gasteiger partial charge is 0.477 e. The zero-order valence-electron chi connectivity index (χ0n) is 21.1. The van der Waals surface area contributed by atoms with Crippen molar-refractivity contribution in [1.82, 2.24) is 9.66 Å². The molecule has 1 heterocycles. The van der Waals surface area contributed by atoms with Gasteiger partial charge in [0, 0.05) is 27.2 Å². The van der Waals surface area contributed by atoms with Gasteiger partial charge in [-0.05, 0) is 48.5 Å². The van der Waals surface area contributed by atoms with Gasteiger partial charge in [-0.2, -0.15) is 9.78 Å². The maximum Gasteiger partial charge on any atom is 0.311 e. The summed E-state index contributed by atoms with van der Waals surface area (Å²) in [5, 5.41) is 18.8. The van der Waals surface area contributed by atoms with Gasteiger partial charge in [0.05, 0.1) is 22.0 Å². The van der Waals surface area contributed by atoms with E-state index in [1.165, 1.54) is 47.3 Å². The predicted molar refractivity (Wildman–Crippen MR) is 149 cm³/mol. The van der Waals surface area contributed by atoms with E-state index in [2.05, 4.69) is 31.3 Å². The SMILES string of the molecule is CC(C)(C)c1nc2ccc(Br)cc2c(=O)n1N=Cc1ccc(OCC(=O)Nc2cccc(F)c2)c([N+](=O)[O-])c1. The van der Waals surface area contributed by atoms with Crippen LogP contribution in [0.2, 0.25) is 0 Å². The summed E-state index contributed by atoms with van der Waals surface area (Å²) in [5.74, 6) is -0.871. The summed E-state index contributed by atoms with van der Waals surface area (Å²) in [7, 11) is 0. The molecule has 1 aromatic heterocycles. The molecule has 10 nitrogen and oxygen atoms in total. The van der Waals surface area contributed by atoms with E-state index in [-0.39, 0.29) is 17.0 Å². The number of benzene rings is 3. The van der Waals surface area contributed by atoms with Gasteiger partial charge in [0.2, 0.25) is 0 Å². The van der Waals surface area contributed by atoms with Crippen LogP contribution in [-0.2, 0) is 10.2 Å². The summed E-state index contributed by atoms with van der Waals surface area (Å²) in [4.78, 5) is 41.2. The third kappa shape index (κ3) is 6.52. The van der Waals surface area contributed by atoms with E-state index in [1.54, 1.807) is 18.2 Å². The molecule has 0 bridgehead atoms. The molecule has 3 aromatic carbocycles. The maximum absolute atomic E-state index is 13.3. The van der Waals surface area contributed by atoms with Crippen molar-refractivity contribution in [1.29, 1.82) is 0 Å². The van der Waals surface area contributed by atoms with Crippen LogP contribution in [0.4, 0.5) is 15.8 Å². The number of nitrogens with one attached hydrogen (secondary N) is 1. The minimum atomic E-state index is -0.654. The quantitative estimate of drug-likeness (QED) is 0.173. The smallest absolute Gasteiger partial charge is 0.311 e. The Bertz CT molecular complexity index is 1680. The van der Waals surface area contributed by atoms with Gasteiger partial charge in [0.25, 0.3) is 11.5 Å². The van der Waals surface area contributed by atoms with Crippen LogP contribution in [0, 0.1) is 15.9 Å². The number of nitrogens with zero attached hydrogens (tertiary/aromatic N) is 4. The number of carbonyl (C=O) groups is 1. The van der Waals surface area contributed by atoms with Crippen molar-refractivity contribution in [2.45, 2.75) is 26.2 Å². The molecule has 1 amide bonds. The second kappa shape index (κ2) is 11.1. The van der Waals surface area contributed by atoms with Crippen LogP contribution < -0.4 is 15.6 Å². The Morgan fingerprint density at radius 3 is 2.67 bits per heavy atom. The topological polar surface area (TPSA) is 129 Å². The van der Waals surface area contributed by atoms with Gasteiger partial charge in [0.1, 0.15) is 11.6 Å². The molecule has 0 saturated heterocycles. The maximum atomic E-state index is 13.3. The Labute approximate surface area is 230 Å². The zero-order chi connectivity index (χ0) is 28.3. The molecular weight excluding hydrogens is 573 g/mol. The number of halogens is 2. The highest BCUT2D eigenvalue weighted by molar-refractivity contribution is 9.10. The second-order valence-corrected chi connectivity index (χ2v) is 10.5. The summed E-state index contributed by atoms with van der Waals surface area (Å²) in [6, 6.07) is 14.5. The highest BCUT2D eigenvalue weighted by Crippen LogP contribution is 2.28. The summed E-state index contributed by atoms with van der Waals surface area (Å²) in [6.45, 7) is 5.15. The monoisotopic (exact) mass is 595 g/mol. The molecule has 200 valence electrons. The van der Waals surface area contributed by atoms with E-state index < -0.39 is 34.4 Å². The number of amides is 1. The van der Waals surface area contributed by atoms with Gasteiger partial charge < -0.3 is 10.1 Å². The molecule has 4 rings (SSSR count). The first kappa shape index (κ1) is 27.6. The molecule has 0 radical (unpaired) electrons. The number of ether oxygens (including phenoxy) is 1. The summed E-state index contributed by atoms with van der Waals surface area (Å²) >= 11 is 3.36. The third-order valence-corrected chi connectivity index (χ3v) is 5.94. The molecule has 0 fully saturated rings. The van der Waals surface area contributed by atoms with Gasteiger partial charge in [-0.15, -0.1) is 0 Å². The van der Waals surface area contributed by atoms with Crippen molar-refractivity contribution in [2.24, 2.45) is 5.10 Å². The minimum absolute atomic E-state index is 0.142. The Kier molecular flexibility index (Phi) is 7.86. The normalized spacial score (nSPS) is 11.6. The molecule has 1 N–H and O–H groups in total. The van der Waals surface area contributed by atoms with Crippen LogP contribution in [0.25, 0.3) is 10.9 Å². The first-order chi connectivity index (χ1) is 18.4. The van der Waals surface area contributed by atoms with Crippen LogP contribution >= 0.6 is 15.9 Å². The second-order valence-electron chi connectivity index (χ2n) is 9.54. The fraction of sp³-hybridized carbons (Fsp3) is 0.185. The van der Waals surface area contributed by atoms with Crippen LogP contribution in [0.5, 0.6) is 5.75 Å². The fourth-order valence-corrected chi connectivity index (χ4v) is 4.01. The number of fused-ring (bicyclic) bond motifs is 1. The number of nitro benzene ring substituents is 1. The number of rotatable bonds is 7. The standard InChI is InChI=1S/C27H23BrFN5O5/c1-27(2,3)26-32-21-9-8-17(28)12-20(21)25(36)33(26)30-14-16-7-10-23(22(11-16)34(37)38)39-15-24(35)31-19-6-4-5-18(29)13-19/h4-14H,15H2,1-3H3,(H,31,35). The Balaban J connectivity index is 1.61. The lowest BCUT2D eigenvalue weighted by Crippen LogP contribution is -2.29. The lowest BCUT2D eigenvalue weighted by Gasteiger charge is -2.20. The Morgan fingerprint density at radius 2 is 1.97 bits per heavy atom. The van der Waals surface area contributed by atoms with Crippen LogP contribution in [0.1, 0.15) is 32.2 Å². The molecule has 0 spiro atoms. The Morgan fingerprint density at radius 1 is 1.21 bits per heavy atom. The first-order valence-corrected chi connectivity index (χ1v) is 12.5. The molecule has 0 unspecified atom stereocenters. The lowest BCUT2D eigenvalue weighted by atomic mass is 9.95. The van der Waals surface area contributed by atoms with Gasteiger partial charge >= 0.3 is 5.69 Å². The van der Waals surface area contributed by atoms with Crippen molar-refractivity contribution in [3.05, 3.63) is 103 Å². The number of nitro groups is 1. The number of anilines is 1.